The molecular weight excluding hydrogens is 120 g/mol. The van der Waals surface area contributed by atoms with Crippen LogP contribution in [0.2, 0.25) is 0 Å². The molecule has 0 N–H and O–H groups in total. The van der Waals surface area contributed by atoms with Gasteiger partial charge in [-0.3, -0.25) is 0 Å². The fourth-order valence-corrected chi connectivity index (χ4v) is 3.21. The Morgan fingerprint density at radius 2 is 1.90 bits per heavy atom. The number of hydrogen-bond acceptors (Lipinski definition) is 0. The van der Waals surface area contributed by atoms with Crippen LogP contribution in [0.1, 0.15) is 45.4 Å². The molecule has 0 saturated heterocycles. The molecule has 0 radical (unpaired) electrons. The predicted octanol–water partition coefficient (Wildman–Crippen LogP) is 2.98. The first-order valence-electron chi connectivity index (χ1n) is 4.86. The summed E-state index contributed by atoms with van der Waals surface area (Å²) in [4.78, 5) is 0. The van der Waals surface area contributed by atoms with Gasteiger partial charge in [0, 0.05) is 0 Å². The molecule has 0 aromatic rings. The van der Waals surface area contributed by atoms with Crippen molar-refractivity contribution in [3.05, 3.63) is 0 Å². The SMILES string of the molecule is CCCCCC1C23CC12C3. The van der Waals surface area contributed by atoms with Crippen molar-refractivity contribution in [3.8, 4) is 0 Å². The van der Waals surface area contributed by atoms with Gasteiger partial charge in [-0.05, 0) is 36.0 Å². The van der Waals surface area contributed by atoms with Crippen LogP contribution >= 0.6 is 0 Å². The number of hydrogen-bond donors (Lipinski definition) is 0. The molecule has 10 heavy (non-hydrogen) atoms. The second-order valence-electron chi connectivity index (χ2n) is 4.71. The van der Waals surface area contributed by atoms with E-state index in [1.165, 1.54) is 25.2 Å². The highest BCUT2D eigenvalue weighted by molar-refractivity contribution is 5.51. The van der Waals surface area contributed by atoms with E-state index in [1.807, 2.05) is 0 Å². The molecule has 0 atom stereocenters. The van der Waals surface area contributed by atoms with Crippen LogP contribution in [0.3, 0.4) is 0 Å². The van der Waals surface area contributed by atoms with Crippen molar-refractivity contribution in [3.63, 3.8) is 0 Å². The molecule has 0 unspecified atom stereocenters. The van der Waals surface area contributed by atoms with Gasteiger partial charge in [0.05, 0.1) is 0 Å². The van der Waals surface area contributed by atoms with Gasteiger partial charge in [0.15, 0.2) is 0 Å². The molecule has 3 rings (SSSR count). The summed E-state index contributed by atoms with van der Waals surface area (Å²) in [6, 6.07) is 0. The second-order valence-corrected chi connectivity index (χ2v) is 4.71. The first-order chi connectivity index (χ1) is 4.86. The Balaban J connectivity index is 1.41. The van der Waals surface area contributed by atoms with Crippen LogP contribution in [-0.2, 0) is 0 Å². The summed E-state index contributed by atoms with van der Waals surface area (Å²) in [7, 11) is 0. The number of rotatable bonds is 4. The quantitative estimate of drug-likeness (QED) is 0.521. The average Bonchev–Trinajstić information content (AvgIpc) is 2.66. The van der Waals surface area contributed by atoms with Gasteiger partial charge in [0.25, 0.3) is 0 Å². The zero-order valence-corrected chi connectivity index (χ0v) is 6.82. The molecular formula is C10H16. The molecule has 0 heteroatoms. The van der Waals surface area contributed by atoms with E-state index in [-0.39, 0.29) is 0 Å². The van der Waals surface area contributed by atoms with Crippen molar-refractivity contribution in [2.75, 3.05) is 0 Å². The Kier molecular flexibility index (Phi) is 0.735. The molecule has 3 fully saturated rings. The Morgan fingerprint density at radius 3 is 2.30 bits per heavy atom. The lowest BCUT2D eigenvalue weighted by molar-refractivity contribution is 0.296. The Morgan fingerprint density at radius 1 is 1.20 bits per heavy atom. The lowest BCUT2D eigenvalue weighted by atomic mass is 9.84. The minimum absolute atomic E-state index is 1.03. The molecule has 3 saturated carbocycles. The Bertz CT molecular complexity index is 160. The largest absolute Gasteiger partial charge is 0.0654 e. The van der Waals surface area contributed by atoms with Crippen molar-refractivity contribution in [1.29, 1.82) is 0 Å². The summed E-state index contributed by atoms with van der Waals surface area (Å²) >= 11 is 0. The highest BCUT2D eigenvalue weighted by Crippen LogP contribution is 3.10. The molecule has 0 bridgehead atoms. The lowest BCUT2D eigenvalue weighted by Gasteiger charge is -2.20. The highest BCUT2D eigenvalue weighted by Gasteiger charge is 3.03. The van der Waals surface area contributed by atoms with E-state index in [9.17, 15) is 0 Å². The minimum Gasteiger partial charge on any atom is -0.0654 e. The van der Waals surface area contributed by atoms with Crippen molar-refractivity contribution >= 4 is 0 Å². The maximum Gasteiger partial charge on any atom is -0.0193 e. The van der Waals surface area contributed by atoms with Crippen LogP contribution < -0.4 is 0 Å². The molecule has 0 aromatic carbocycles. The zero-order valence-electron chi connectivity index (χ0n) is 6.82. The molecule has 0 aliphatic heterocycles. The van der Waals surface area contributed by atoms with Crippen molar-refractivity contribution < 1.29 is 0 Å². The van der Waals surface area contributed by atoms with E-state index in [0.717, 1.165) is 10.8 Å². The smallest absolute Gasteiger partial charge is 0.0193 e. The van der Waals surface area contributed by atoms with Crippen LogP contribution in [0, 0.1) is 16.7 Å². The zero-order chi connectivity index (χ0) is 6.82. The van der Waals surface area contributed by atoms with E-state index in [4.69, 9.17) is 0 Å². The van der Waals surface area contributed by atoms with Gasteiger partial charge < -0.3 is 0 Å². The van der Waals surface area contributed by atoms with Gasteiger partial charge in [0.2, 0.25) is 0 Å². The fourth-order valence-electron chi connectivity index (χ4n) is 3.21. The topological polar surface area (TPSA) is 0 Å². The average molecular weight is 136 g/mol. The van der Waals surface area contributed by atoms with E-state index >= 15 is 0 Å². The van der Waals surface area contributed by atoms with Crippen LogP contribution in [0.15, 0.2) is 0 Å². The van der Waals surface area contributed by atoms with E-state index in [1.54, 1.807) is 19.3 Å². The molecule has 3 aliphatic carbocycles. The molecule has 3 aliphatic rings. The monoisotopic (exact) mass is 136 g/mol. The van der Waals surface area contributed by atoms with Gasteiger partial charge in [-0.2, -0.15) is 0 Å². The molecule has 0 aromatic heterocycles. The van der Waals surface area contributed by atoms with Gasteiger partial charge in [-0.1, -0.05) is 26.2 Å². The second kappa shape index (κ2) is 1.31. The van der Waals surface area contributed by atoms with Crippen LogP contribution in [0.25, 0.3) is 0 Å². The molecule has 0 spiro atoms. The Labute approximate surface area is 63.0 Å². The predicted molar refractivity (Wildman–Crippen MR) is 41.7 cm³/mol. The summed E-state index contributed by atoms with van der Waals surface area (Å²) in [5.41, 5.74) is 2.06. The van der Waals surface area contributed by atoms with Gasteiger partial charge in [0.1, 0.15) is 0 Å². The first-order valence-corrected chi connectivity index (χ1v) is 4.86. The summed E-state index contributed by atoms with van der Waals surface area (Å²) in [5, 5.41) is 0. The summed E-state index contributed by atoms with van der Waals surface area (Å²) in [6.07, 6.45) is 9.24. The maximum absolute atomic E-state index is 2.30. The van der Waals surface area contributed by atoms with Crippen molar-refractivity contribution in [1.82, 2.24) is 0 Å². The van der Waals surface area contributed by atoms with E-state index < -0.39 is 0 Å². The highest BCUT2D eigenvalue weighted by atomic mass is 15.1. The van der Waals surface area contributed by atoms with Crippen LogP contribution in [0.5, 0.6) is 0 Å². The Hall–Kier alpha value is 0. The molecule has 0 heterocycles. The molecule has 0 amide bonds. The third-order valence-electron chi connectivity index (χ3n) is 4.35. The first kappa shape index (κ1) is 5.62. The molecule has 0 nitrogen and oxygen atoms in total. The normalized spacial score (nSPS) is 59.1. The number of unbranched alkanes of at least 4 members (excludes halogenated alkanes) is 2. The third kappa shape index (κ3) is 0.383. The maximum atomic E-state index is 2.30. The van der Waals surface area contributed by atoms with E-state index in [2.05, 4.69) is 6.92 Å². The van der Waals surface area contributed by atoms with Gasteiger partial charge in [-0.15, -0.1) is 0 Å². The van der Waals surface area contributed by atoms with Gasteiger partial charge >= 0.3 is 0 Å². The lowest BCUT2D eigenvalue weighted by Crippen LogP contribution is -2.11. The standard InChI is InChI=1S/C10H16/c1-2-3-4-5-8-9-6-10(8,9)7-9/h8H,2-7H2,1H3. The van der Waals surface area contributed by atoms with Gasteiger partial charge in [-0.25, -0.2) is 0 Å². The van der Waals surface area contributed by atoms with Crippen molar-refractivity contribution in [2.24, 2.45) is 16.7 Å². The molecule has 56 valence electrons. The van der Waals surface area contributed by atoms with Crippen molar-refractivity contribution in [2.45, 2.75) is 45.4 Å². The third-order valence-corrected chi connectivity index (χ3v) is 4.35. The van der Waals surface area contributed by atoms with E-state index in [0.29, 0.717) is 0 Å². The summed E-state index contributed by atoms with van der Waals surface area (Å²) < 4.78 is 0. The van der Waals surface area contributed by atoms with Crippen LogP contribution in [0.4, 0.5) is 0 Å². The summed E-state index contributed by atoms with van der Waals surface area (Å²) in [5.74, 6) is 1.24. The summed E-state index contributed by atoms with van der Waals surface area (Å²) in [6.45, 7) is 2.30. The minimum atomic E-state index is 1.03. The van der Waals surface area contributed by atoms with Crippen LogP contribution in [-0.4, -0.2) is 0 Å². The fraction of sp³-hybridized carbons (Fsp3) is 1.00.